The molecule has 0 atom stereocenters. The quantitative estimate of drug-likeness (QED) is 0.742. The Labute approximate surface area is 101 Å². The summed E-state index contributed by atoms with van der Waals surface area (Å²) in [6.45, 7) is 0.815. The molecule has 3 rings (SSSR count). The average Bonchev–Trinajstić information content (AvgIpc) is 2.94. The Hall–Kier alpha value is -2.02. The molecule has 0 radical (unpaired) electrons. The number of hydrogen-bond donors (Lipinski definition) is 0. The Kier molecular flexibility index (Phi) is 2.66. The lowest BCUT2D eigenvalue weighted by Gasteiger charge is -2.05. The molecule has 1 heterocycles. The molecule has 2 aromatic rings. The van der Waals surface area contributed by atoms with Crippen LogP contribution in [0, 0.1) is 0 Å². The van der Waals surface area contributed by atoms with Crippen molar-refractivity contribution in [3.63, 3.8) is 0 Å². The third-order valence-corrected chi connectivity index (χ3v) is 2.98. The summed E-state index contributed by atoms with van der Waals surface area (Å²) in [4.78, 5) is 0. The van der Waals surface area contributed by atoms with Crippen molar-refractivity contribution in [3.05, 3.63) is 66.2 Å². The van der Waals surface area contributed by atoms with E-state index < -0.39 is 0 Å². The summed E-state index contributed by atoms with van der Waals surface area (Å²) in [5, 5.41) is 0. The van der Waals surface area contributed by atoms with Gasteiger partial charge in [0.1, 0.15) is 5.76 Å². The van der Waals surface area contributed by atoms with Gasteiger partial charge in [0.15, 0.2) is 0 Å². The van der Waals surface area contributed by atoms with E-state index in [4.69, 9.17) is 4.74 Å². The third kappa shape index (κ3) is 2.09. The summed E-state index contributed by atoms with van der Waals surface area (Å²) in [6.07, 6.45) is 3.17. The first-order valence-electron chi connectivity index (χ1n) is 5.92. The number of ether oxygens (including phenoxy) is 1. The Morgan fingerprint density at radius 2 is 1.35 bits per heavy atom. The van der Waals surface area contributed by atoms with Crippen molar-refractivity contribution in [1.82, 2.24) is 0 Å². The van der Waals surface area contributed by atoms with Crippen LogP contribution in [0.5, 0.6) is 0 Å². The second kappa shape index (κ2) is 4.46. The highest BCUT2D eigenvalue weighted by molar-refractivity contribution is 5.68. The molecule has 0 fully saturated rings. The van der Waals surface area contributed by atoms with Crippen LogP contribution in [-0.2, 0) is 4.74 Å². The van der Waals surface area contributed by atoms with Gasteiger partial charge in [0.05, 0.1) is 6.61 Å². The van der Waals surface area contributed by atoms with E-state index in [2.05, 4.69) is 54.6 Å². The fraction of sp³-hybridized carbons (Fsp3) is 0.125. The molecule has 0 saturated heterocycles. The minimum Gasteiger partial charge on any atom is -0.493 e. The average molecular weight is 222 g/mol. The number of hydrogen-bond acceptors (Lipinski definition) is 1. The molecule has 0 amide bonds. The second-order valence-corrected chi connectivity index (χ2v) is 4.15. The molecule has 17 heavy (non-hydrogen) atoms. The summed E-state index contributed by atoms with van der Waals surface area (Å²) in [5.74, 6) is 1.02. The fourth-order valence-electron chi connectivity index (χ4n) is 2.08. The molecule has 84 valence electrons. The van der Waals surface area contributed by atoms with Crippen LogP contribution < -0.4 is 0 Å². The summed E-state index contributed by atoms with van der Waals surface area (Å²) in [7, 11) is 0. The summed E-state index contributed by atoms with van der Waals surface area (Å²) < 4.78 is 5.55. The standard InChI is InChI=1S/C16H14O/c1-2-5-13(6-3-1)14-8-10-15(11-9-14)16-7-4-12-17-16/h1-3,5-11H,4,12H2. The molecule has 2 aromatic carbocycles. The maximum Gasteiger partial charge on any atom is 0.122 e. The van der Waals surface area contributed by atoms with E-state index in [1.807, 2.05) is 6.07 Å². The van der Waals surface area contributed by atoms with Crippen LogP contribution in [-0.4, -0.2) is 6.61 Å². The zero-order chi connectivity index (χ0) is 11.5. The van der Waals surface area contributed by atoms with Gasteiger partial charge in [-0.3, -0.25) is 0 Å². The van der Waals surface area contributed by atoms with Crippen LogP contribution in [0.1, 0.15) is 12.0 Å². The van der Waals surface area contributed by atoms with E-state index in [0.29, 0.717) is 0 Å². The minimum atomic E-state index is 0.815. The predicted molar refractivity (Wildman–Crippen MR) is 70.4 cm³/mol. The molecule has 0 saturated carbocycles. The van der Waals surface area contributed by atoms with E-state index >= 15 is 0 Å². The zero-order valence-corrected chi connectivity index (χ0v) is 9.60. The molecular formula is C16H14O. The zero-order valence-electron chi connectivity index (χ0n) is 9.60. The highest BCUT2D eigenvalue weighted by atomic mass is 16.5. The lowest BCUT2D eigenvalue weighted by Crippen LogP contribution is -1.86. The Bertz CT molecular complexity index is 523. The van der Waals surface area contributed by atoms with E-state index in [-0.39, 0.29) is 0 Å². The number of rotatable bonds is 2. The van der Waals surface area contributed by atoms with Gasteiger partial charge >= 0.3 is 0 Å². The molecular weight excluding hydrogens is 208 g/mol. The van der Waals surface area contributed by atoms with Crippen LogP contribution in [0.25, 0.3) is 16.9 Å². The Morgan fingerprint density at radius 1 is 0.706 bits per heavy atom. The van der Waals surface area contributed by atoms with Crippen LogP contribution in [0.3, 0.4) is 0 Å². The van der Waals surface area contributed by atoms with Crippen molar-refractivity contribution in [2.75, 3.05) is 6.61 Å². The van der Waals surface area contributed by atoms with Gasteiger partial charge in [-0.15, -0.1) is 0 Å². The third-order valence-electron chi connectivity index (χ3n) is 2.98. The molecule has 0 bridgehead atoms. The van der Waals surface area contributed by atoms with Gasteiger partial charge in [0, 0.05) is 12.0 Å². The Morgan fingerprint density at radius 3 is 2.00 bits per heavy atom. The van der Waals surface area contributed by atoms with Crippen molar-refractivity contribution in [3.8, 4) is 11.1 Å². The Balaban J connectivity index is 1.90. The lowest BCUT2D eigenvalue weighted by atomic mass is 10.0. The van der Waals surface area contributed by atoms with Crippen molar-refractivity contribution in [1.29, 1.82) is 0 Å². The molecule has 1 heteroatoms. The van der Waals surface area contributed by atoms with E-state index in [1.54, 1.807) is 0 Å². The monoisotopic (exact) mass is 222 g/mol. The second-order valence-electron chi connectivity index (χ2n) is 4.15. The highest BCUT2D eigenvalue weighted by Crippen LogP contribution is 2.25. The van der Waals surface area contributed by atoms with Crippen molar-refractivity contribution in [2.45, 2.75) is 6.42 Å². The molecule has 1 nitrogen and oxygen atoms in total. The van der Waals surface area contributed by atoms with Crippen LogP contribution in [0.15, 0.2) is 60.7 Å². The van der Waals surface area contributed by atoms with E-state index in [0.717, 1.165) is 18.8 Å². The number of benzene rings is 2. The summed E-state index contributed by atoms with van der Waals surface area (Å²) in [6, 6.07) is 19.0. The predicted octanol–water partition coefficient (Wildman–Crippen LogP) is 4.11. The van der Waals surface area contributed by atoms with Gasteiger partial charge in [-0.05, 0) is 17.2 Å². The first-order valence-corrected chi connectivity index (χ1v) is 5.92. The maximum atomic E-state index is 5.55. The van der Waals surface area contributed by atoms with Gasteiger partial charge in [-0.2, -0.15) is 0 Å². The van der Waals surface area contributed by atoms with Crippen molar-refractivity contribution >= 4 is 5.76 Å². The summed E-state index contributed by atoms with van der Waals surface area (Å²) >= 11 is 0. The molecule has 1 aliphatic rings. The molecule has 0 aliphatic carbocycles. The van der Waals surface area contributed by atoms with Gasteiger partial charge < -0.3 is 4.74 Å². The van der Waals surface area contributed by atoms with Crippen LogP contribution in [0.4, 0.5) is 0 Å². The first kappa shape index (κ1) is 10.2. The largest absolute Gasteiger partial charge is 0.493 e. The lowest BCUT2D eigenvalue weighted by molar-refractivity contribution is 0.307. The van der Waals surface area contributed by atoms with Gasteiger partial charge in [-0.1, -0.05) is 54.6 Å². The van der Waals surface area contributed by atoms with Crippen molar-refractivity contribution in [2.24, 2.45) is 0 Å². The molecule has 0 unspecified atom stereocenters. The molecule has 0 spiro atoms. The smallest absolute Gasteiger partial charge is 0.122 e. The van der Waals surface area contributed by atoms with E-state index in [9.17, 15) is 0 Å². The maximum absolute atomic E-state index is 5.55. The van der Waals surface area contributed by atoms with Gasteiger partial charge in [0.25, 0.3) is 0 Å². The van der Waals surface area contributed by atoms with Crippen LogP contribution in [0.2, 0.25) is 0 Å². The minimum absolute atomic E-state index is 0.815. The van der Waals surface area contributed by atoms with Gasteiger partial charge in [-0.25, -0.2) is 0 Å². The molecule has 1 aliphatic heterocycles. The van der Waals surface area contributed by atoms with E-state index in [1.165, 1.54) is 16.7 Å². The normalized spacial score (nSPS) is 14.2. The molecule has 0 N–H and O–H groups in total. The topological polar surface area (TPSA) is 9.23 Å². The SMILES string of the molecule is C1=C(c2ccc(-c3ccccc3)cc2)OCC1. The fourth-order valence-corrected chi connectivity index (χ4v) is 2.08. The van der Waals surface area contributed by atoms with Crippen LogP contribution >= 0.6 is 0 Å². The highest BCUT2D eigenvalue weighted by Gasteiger charge is 2.07. The van der Waals surface area contributed by atoms with Gasteiger partial charge in [0.2, 0.25) is 0 Å². The first-order chi connectivity index (χ1) is 8.43. The molecule has 0 aromatic heterocycles. The summed E-state index contributed by atoms with van der Waals surface area (Å²) in [5.41, 5.74) is 3.66. The van der Waals surface area contributed by atoms with Crippen molar-refractivity contribution < 1.29 is 4.74 Å².